The Kier molecular flexibility index (Phi) is 6.24. The number of hydrogen-bond donors (Lipinski definition) is 3. The maximum atomic E-state index is 12.7. The van der Waals surface area contributed by atoms with E-state index in [1.165, 1.54) is 17.4 Å². The molecule has 2 aromatic heterocycles. The van der Waals surface area contributed by atoms with E-state index in [1.54, 1.807) is 30.3 Å². The lowest BCUT2D eigenvalue weighted by molar-refractivity contribution is -0.113. The van der Waals surface area contributed by atoms with Crippen molar-refractivity contribution in [3.8, 4) is 16.9 Å². The fourth-order valence-corrected chi connectivity index (χ4v) is 4.91. The molecule has 10 heteroatoms. The molecular formula is C21H15Cl2N3O3S2. The minimum atomic E-state index is -0.323. The number of nitrogens with one attached hydrogen (secondary N) is 2. The number of H-pyrrole nitrogens is 1. The van der Waals surface area contributed by atoms with E-state index in [-0.39, 0.29) is 23.0 Å². The minimum absolute atomic E-state index is 0.00896. The van der Waals surface area contributed by atoms with E-state index in [2.05, 4.69) is 15.3 Å². The third kappa shape index (κ3) is 4.72. The molecule has 4 rings (SSSR count). The first kappa shape index (κ1) is 21.7. The molecule has 0 radical (unpaired) electrons. The van der Waals surface area contributed by atoms with Gasteiger partial charge in [-0.05, 0) is 42.3 Å². The Morgan fingerprint density at radius 2 is 2.03 bits per heavy atom. The van der Waals surface area contributed by atoms with Crippen LogP contribution in [-0.2, 0) is 4.79 Å². The molecule has 1 amide bonds. The van der Waals surface area contributed by atoms with E-state index in [4.69, 9.17) is 23.2 Å². The molecule has 0 unspecified atom stereocenters. The van der Waals surface area contributed by atoms with Gasteiger partial charge in [-0.3, -0.25) is 9.59 Å². The Labute approximate surface area is 195 Å². The number of aromatic hydroxyl groups is 1. The number of aromatic amines is 1. The monoisotopic (exact) mass is 491 g/mol. The molecule has 158 valence electrons. The number of halogens is 2. The molecule has 0 atom stereocenters. The molecule has 0 aliphatic heterocycles. The van der Waals surface area contributed by atoms with Gasteiger partial charge in [-0.25, -0.2) is 4.98 Å². The zero-order valence-electron chi connectivity index (χ0n) is 16.0. The Morgan fingerprint density at radius 1 is 1.23 bits per heavy atom. The molecule has 0 spiro atoms. The Hall–Kier alpha value is -2.52. The molecule has 0 saturated carbocycles. The second kappa shape index (κ2) is 8.92. The normalized spacial score (nSPS) is 11.1. The number of fused-ring (bicyclic) bond motifs is 1. The van der Waals surface area contributed by atoms with Crippen LogP contribution in [0.1, 0.15) is 5.56 Å². The van der Waals surface area contributed by atoms with Crippen LogP contribution < -0.4 is 10.9 Å². The maximum absolute atomic E-state index is 12.7. The van der Waals surface area contributed by atoms with Gasteiger partial charge in [0.05, 0.1) is 26.9 Å². The van der Waals surface area contributed by atoms with Gasteiger partial charge in [-0.15, -0.1) is 11.3 Å². The second-order valence-electron chi connectivity index (χ2n) is 6.69. The van der Waals surface area contributed by atoms with Gasteiger partial charge < -0.3 is 15.4 Å². The topological polar surface area (TPSA) is 95.1 Å². The third-order valence-electron chi connectivity index (χ3n) is 4.42. The van der Waals surface area contributed by atoms with Crippen molar-refractivity contribution in [2.24, 2.45) is 0 Å². The average Bonchev–Trinajstić information content (AvgIpc) is 3.16. The largest absolute Gasteiger partial charge is 0.506 e. The molecule has 2 heterocycles. The number of hydrogen-bond acceptors (Lipinski definition) is 6. The van der Waals surface area contributed by atoms with Crippen molar-refractivity contribution in [1.29, 1.82) is 0 Å². The first-order chi connectivity index (χ1) is 14.8. The summed E-state index contributed by atoms with van der Waals surface area (Å²) in [6.07, 6.45) is 0. The van der Waals surface area contributed by atoms with Gasteiger partial charge >= 0.3 is 0 Å². The number of thioether (sulfide) groups is 1. The van der Waals surface area contributed by atoms with Crippen molar-refractivity contribution in [2.45, 2.75) is 12.1 Å². The number of nitrogens with zero attached hydrogens (tertiary/aromatic N) is 1. The van der Waals surface area contributed by atoms with Crippen molar-refractivity contribution in [3.63, 3.8) is 0 Å². The van der Waals surface area contributed by atoms with Crippen LogP contribution in [0.25, 0.3) is 21.3 Å². The Morgan fingerprint density at radius 3 is 2.81 bits per heavy atom. The van der Waals surface area contributed by atoms with E-state index in [1.807, 2.05) is 12.3 Å². The van der Waals surface area contributed by atoms with Crippen LogP contribution in [0.3, 0.4) is 0 Å². The standard InChI is InChI=1S/C21H15Cl2N3O3S2/c1-10-2-5-16(27)15(6-10)24-17(28)9-31-21-25-19(29)18-12(8-30-20(18)26-21)11-3-4-13(22)14(23)7-11/h2-8,27H,9H2,1H3,(H,24,28)(H,25,26,29). The minimum Gasteiger partial charge on any atom is -0.506 e. The lowest BCUT2D eigenvalue weighted by atomic mass is 10.1. The summed E-state index contributed by atoms with van der Waals surface area (Å²) in [5.41, 5.74) is 2.44. The predicted octanol–water partition coefficient (Wildman–Crippen LogP) is 5.70. The number of rotatable bonds is 5. The van der Waals surface area contributed by atoms with E-state index >= 15 is 0 Å². The number of benzene rings is 2. The van der Waals surface area contributed by atoms with Crippen LogP contribution in [-0.4, -0.2) is 26.7 Å². The average molecular weight is 492 g/mol. The lowest BCUT2D eigenvalue weighted by Crippen LogP contribution is -2.15. The number of carbonyl (C=O) groups is 1. The highest BCUT2D eigenvalue weighted by Gasteiger charge is 2.15. The summed E-state index contributed by atoms with van der Waals surface area (Å²) >= 11 is 14.5. The van der Waals surface area contributed by atoms with Gasteiger partial charge in [0.15, 0.2) is 5.16 Å². The van der Waals surface area contributed by atoms with E-state index in [0.717, 1.165) is 28.5 Å². The van der Waals surface area contributed by atoms with Gasteiger partial charge in [-0.2, -0.15) is 0 Å². The molecular weight excluding hydrogens is 477 g/mol. The molecule has 0 fully saturated rings. The molecule has 2 aromatic carbocycles. The number of aromatic nitrogens is 2. The van der Waals surface area contributed by atoms with E-state index in [0.29, 0.717) is 31.1 Å². The summed E-state index contributed by atoms with van der Waals surface area (Å²) in [4.78, 5) is 32.7. The zero-order chi connectivity index (χ0) is 22.1. The predicted molar refractivity (Wildman–Crippen MR) is 128 cm³/mol. The molecule has 0 aliphatic rings. The summed E-state index contributed by atoms with van der Waals surface area (Å²) in [6, 6.07) is 10.1. The zero-order valence-corrected chi connectivity index (χ0v) is 19.2. The van der Waals surface area contributed by atoms with Crippen LogP contribution in [0, 0.1) is 6.92 Å². The molecule has 0 saturated heterocycles. The first-order valence-electron chi connectivity index (χ1n) is 9.01. The number of aryl methyl sites for hydroxylation is 1. The highest BCUT2D eigenvalue weighted by molar-refractivity contribution is 7.99. The van der Waals surface area contributed by atoms with Crippen LogP contribution in [0.4, 0.5) is 5.69 Å². The molecule has 4 aromatic rings. The van der Waals surface area contributed by atoms with Crippen LogP contribution in [0.5, 0.6) is 5.75 Å². The van der Waals surface area contributed by atoms with Crippen LogP contribution in [0.15, 0.2) is 51.7 Å². The molecule has 3 N–H and O–H groups in total. The van der Waals surface area contributed by atoms with Gasteiger partial charge in [-0.1, -0.05) is 47.1 Å². The summed E-state index contributed by atoms with van der Waals surface area (Å²) in [5.74, 6) is -0.311. The van der Waals surface area contributed by atoms with Crippen molar-refractivity contribution in [3.05, 3.63) is 67.7 Å². The fraction of sp³-hybridized carbons (Fsp3) is 0.0952. The van der Waals surface area contributed by atoms with Gasteiger partial charge in [0.2, 0.25) is 5.91 Å². The molecule has 0 bridgehead atoms. The van der Waals surface area contributed by atoms with E-state index < -0.39 is 0 Å². The van der Waals surface area contributed by atoms with Gasteiger partial charge in [0.1, 0.15) is 10.6 Å². The third-order valence-corrected chi connectivity index (χ3v) is 6.90. The smallest absolute Gasteiger partial charge is 0.260 e. The Balaban J connectivity index is 1.53. The highest BCUT2D eigenvalue weighted by Crippen LogP contribution is 2.34. The lowest BCUT2D eigenvalue weighted by Gasteiger charge is -2.08. The molecule has 31 heavy (non-hydrogen) atoms. The highest BCUT2D eigenvalue weighted by atomic mass is 35.5. The fourth-order valence-electron chi connectivity index (χ4n) is 2.94. The number of phenols is 1. The number of carbonyl (C=O) groups excluding carboxylic acids is 1. The van der Waals surface area contributed by atoms with Crippen molar-refractivity contribution in [2.75, 3.05) is 11.1 Å². The SMILES string of the molecule is Cc1ccc(O)c(NC(=O)CSc2nc3scc(-c4ccc(Cl)c(Cl)c4)c3c(=O)[nH]2)c1. The maximum Gasteiger partial charge on any atom is 0.260 e. The number of anilines is 1. The number of amides is 1. The summed E-state index contributed by atoms with van der Waals surface area (Å²) in [6.45, 7) is 1.86. The van der Waals surface area contributed by atoms with Crippen molar-refractivity contribution in [1.82, 2.24) is 9.97 Å². The summed E-state index contributed by atoms with van der Waals surface area (Å²) < 4.78 is 0. The summed E-state index contributed by atoms with van der Waals surface area (Å²) in [7, 11) is 0. The number of phenolic OH excluding ortho intramolecular Hbond substituents is 1. The first-order valence-corrected chi connectivity index (χ1v) is 11.6. The van der Waals surface area contributed by atoms with Gasteiger partial charge in [0.25, 0.3) is 5.56 Å². The molecule has 0 aliphatic carbocycles. The second-order valence-corrected chi connectivity index (χ2v) is 9.32. The Bertz CT molecular complexity index is 1370. The van der Waals surface area contributed by atoms with E-state index in [9.17, 15) is 14.7 Å². The summed E-state index contributed by atoms with van der Waals surface area (Å²) in [5, 5.41) is 16.0. The van der Waals surface area contributed by atoms with Crippen molar-refractivity contribution < 1.29 is 9.90 Å². The molecule has 6 nitrogen and oxygen atoms in total. The number of thiophene rings is 1. The van der Waals surface area contributed by atoms with Gasteiger partial charge in [0, 0.05) is 10.9 Å². The van der Waals surface area contributed by atoms with Crippen LogP contribution in [0.2, 0.25) is 10.0 Å². The quantitative estimate of drug-likeness (QED) is 0.189. The van der Waals surface area contributed by atoms with Crippen LogP contribution >= 0.6 is 46.3 Å². The van der Waals surface area contributed by atoms with Crippen molar-refractivity contribution >= 4 is 68.1 Å².